The zero-order valence-corrected chi connectivity index (χ0v) is 17.3. The van der Waals surface area contributed by atoms with Crippen molar-refractivity contribution in [1.29, 1.82) is 0 Å². The Morgan fingerprint density at radius 1 is 1.12 bits per heavy atom. The molecule has 4 rings (SSSR count). The summed E-state index contributed by atoms with van der Waals surface area (Å²) < 4.78 is 19.0. The number of H-pyrrole nitrogens is 1. The molecule has 32 heavy (non-hydrogen) atoms. The number of aromatic nitrogens is 1. The molecule has 1 aliphatic rings. The van der Waals surface area contributed by atoms with E-state index in [-0.39, 0.29) is 29.1 Å². The fourth-order valence-corrected chi connectivity index (χ4v) is 3.89. The van der Waals surface area contributed by atoms with E-state index in [9.17, 15) is 23.6 Å². The van der Waals surface area contributed by atoms with E-state index in [2.05, 4.69) is 10.3 Å². The summed E-state index contributed by atoms with van der Waals surface area (Å²) in [5.74, 6) is -1.27. The topological polar surface area (TPSA) is 112 Å². The van der Waals surface area contributed by atoms with Crippen molar-refractivity contribution in [2.75, 3.05) is 13.1 Å². The fourth-order valence-electron chi connectivity index (χ4n) is 3.03. The maximum absolute atomic E-state index is 13.8. The van der Waals surface area contributed by atoms with Gasteiger partial charge in [0.05, 0.1) is 16.9 Å². The van der Waals surface area contributed by atoms with Gasteiger partial charge >= 0.3 is 0 Å². The van der Waals surface area contributed by atoms with E-state index in [1.54, 1.807) is 24.3 Å². The molecule has 0 spiro atoms. The van der Waals surface area contributed by atoms with Crippen LogP contribution in [0.25, 0.3) is 17.5 Å². The first-order valence-corrected chi connectivity index (χ1v) is 10.3. The van der Waals surface area contributed by atoms with E-state index in [1.807, 2.05) is 0 Å². The molecule has 0 atom stereocenters. The number of amides is 3. The number of halogens is 1. The van der Waals surface area contributed by atoms with Gasteiger partial charge in [0.25, 0.3) is 22.6 Å². The third kappa shape index (κ3) is 4.40. The number of pyridine rings is 1. The SMILES string of the molecule is O=C(NCCN1C(=O)S/C(=C\c2ccccc2F)C1=O)c1ccc(-c2ccco2)[nH]c1=O. The van der Waals surface area contributed by atoms with Gasteiger partial charge < -0.3 is 14.7 Å². The lowest BCUT2D eigenvalue weighted by Gasteiger charge is -2.13. The van der Waals surface area contributed by atoms with Gasteiger partial charge in [0, 0.05) is 18.7 Å². The van der Waals surface area contributed by atoms with Gasteiger partial charge in [0.1, 0.15) is 17.1 Å². The van der Waals surface area contributed by atoms with E-state index in [0.717, 1.165) is 4.90 Å². The molecule has 1 saturated heterocycles. The van der Waals surface area contributed by atoms with Crippen LogP contribution in [0.1, 0.15) is 15.9 Å². The normalized spacial score (nSPS) is 14.9. The van der Waals surface area contributed by atoms with Crippen LogP contribution in [0.5, 0.6) is 0 Å². The van der Waals surface area contributed by atoms with Gasteiger partial charge in [-0.25, -0.2) is 4.39 Å². The number of rotatable bonds is 6. The Labute approximate surface area is 185 Å². The molecular formula is C22H16FN3O5S. The Morgan fingerprint density at radius 2 is 1.94 bits per heavy atom. The monoisotopic (exact) mass is 453 g/mol. The summed E-state index contributed by atoms with van der Waals surface area (Å²) in [5.41, 5.74) is -0.0937. The van der Waals surface area contributed by atoms with Gasteiger partial charge in [-0.05, 0) is 48.2 Å². The van der Waals surface area contributed by atoms with Gasteiger partial charge in [-0.15, -0.1) is 0 Å². The molecule has 3 heterocycles. The van der Waals surface area contributed by atoms with Crippen molar-refractivity contribution < 1.29 is 23.2 Å². The Bertz CT molecular complexity index is 1280. The molecule has 10 heteroatoms. The van der Waals surface area contributed by atoms with Crippen LogP contribution in [0.4, 0.5) is 9.18 Å². The number of thioether (sulfide) groups is 1. The molecule has 162 valence electrons. The highest BCUT2D eigenvalue weighted by Crippen LogP contribution is 2.32. The smallest absolute Gasteiger partial charge is 0.293 e. The molecule has 2 N–H and O–H groups in total. The van der Waals surface area contributed by atoms with E-state index < -0.39 is 28.4 Å². The fraction of sp³-hybridized carbons (Fsp3) is 0.0909. The van der Waals surface area contributed by atoms with Crippen LogP contribution in [0.3, 0.4) is 0 Å². The van der Waals surface area contributed by atoms with Crippen LogP contribution >= 0.6 is 11.8 Å². The summed E-state index contributed by atoms with van der Waals surface area (Å²) in [7, 11) is 0. The van der Waals surface area contributed by atoms with E-state index >= 15 is 0 Å². The first kappa shape index (κ1) is 21.3. The highest BCUT2D eigenvalue weighted by Gasteiger charge is 2.34. The minimum atomic E-state index is -0.647. The van der Waals surface area contributed by atoms with Gasteiger partial charge in [-0.1, -0.05) is 18.2 Å². The minimum Gasteiger partial charge on any atom is -0.463 e. The lowest BCUT2D eigenvalue weighted by atomic mass is 10.2. The zero-order chi connectivity index (χ0) is 22.7. The first-order valence-electron chi connectivity index (χ1n) is 9.49. The van der Waals surface area contributed by atoms with Crippen LogP contribution < -0.4 is 10.9 Å². The average Bonchev–Trinajstić information content (AvgIpc) is 3.40. The van der Waals surface area contributed by atoms with E-state index in [4.69, 9.17) is 4.42 Å². The molecule has 0 unspecified atom stereocenters. The number of carbonyl (C=O) groups is 3. The number of nitrogens with one attached hydrogen (secondary N) is 2. The molecule has 0 radical (unpaired) electrons. The van der Waals surface area contributed by atoms with Crippen molar-refractivity contribution in [3.63, 3.8) is 0 Å². The Hall–Kier alpha value is -3.92. The quantitative estimate of drug-likeness (QED) is 0.554. The summed E-state index contributed by atoms with van der Waals surface area (Å²) in [6.07, 6.45) is 2.78. The lowest BCUT2D eigenvalue weighted by Crippen LogP contribution is -2.38. The number of carbonyl (C=O) groups excluding carboxylic acids is 3. The molecule has 8 nitrogen and oxygen atoms in total. The molecule has 2 aromatic heterocycles. The number of benzene rings is 1. The summed E-state index contributed by atoms with van der Waals surface area (Å²) in [6, 6.07) is 12.1. The molecule has 1 fully saturated rings. The third-order valence-electron chi connectivity index (χ3n) is 4.63. The second kappa shape index (κ2) is 9.06. The predicted molar refractivity (Wildman–Crippen MR) is 116 cm³/mol. The summed E-state index contributed by atoms with van der Waals surface area (Å²) >= 11 is 0.699. The molecule has 0 bridgehead atoms. The summed E-state index contributed by atoms with van der Waals surface area (Å²) in [5, 5.41) is 2.00. The Morgan fingerprint density at radius 3 is 2.66 bits per heavy atom. The molecule has 3 aromatic rings. The molecular weight excluding hydrogens is 437 g/mol. The van der Waals surface area contributed by atoms with Crippen molar-refractivity contribution in [2.24, 2.45) is 0 Å². The number of furan rings is 1. The van der Waals surface area contributed by atoms with Gasteiger partial charge in [-0.3, -0.25) is 24.1 Å². The summed E-state index contributed by atoms with van der Waals surface area (Å²) in [6.45, 7) is -0.142. The second-order valence-corrected chi connectivity index (χ2v) is 7.70. The van der Waals surface area contributed by atoms with Crippen LogP contribution in [0, 0.1) is 5.82 Å². The van der Waals surface area contributed by atoms with Crippen molar-refractivity contribution in [3.05, 3.63) is 87.0 Å². The van der Waals surface area contributed by atoms with Crippen molar-refractivity contribution in [3.8, 4) is 11.5 Å². The predicted octanol–water partition coefficient (Wildman–Crippen LogP) is 3.24. The Kier molecular flexibility index (Phi) is 6.04. The third-order valence-corrected chi connectivity index (χ3v) is 5.53. The van der Waals surface area contributed by atoms with Crippen LogP contribution in [0.15, 0.2) is 68.9 Å². The molecule has 1 aliphatic heterocycles. The van der Waals surface area contributed by atoms with Crippen LogP contribution in [-0.2, 0) is 4.79 Å². The lowest BCUT2D eigenvalue weighted by molar-refractivity contribution is -0.122. The molecule has 0 saturated carbocycles. The zero-order valence-electron chi connectivity index (χ0n) is 16.5. The number of hydrogen-bond acceptors (Lipinski definition) is 6. The Balaban J connectivity index is 1.37. The van der Waals surface area contributed by atoms with Crippen molar-refractivity contribution in [2.45, 2.75) is 0 Å². The van der Waals surface area contributed by atoms with Crippen LogP contribution in [0.2, 0.25) is 0 Å². The number of hydrogen-bond donors (Lipinski definition) is 2. The van der Waals surface area contributed by atoms with Gasteiger partial charge in [-0.2, -0.15) is 0 Å². The minimum absolute atomic E-state index is 0.0524. The number of imide groups is 1. The maximum atomic E-state index is 13.8. The standard InChI is InChI=1S/C22H16FN3O5S/c23-15-5-2-1-4-13(15)12-18-21(29)26(22(30)32-18)10-9-24-19(27)14-7-8-16(25-20(14)28)17-6-3-11-31-17/h1-8,11-12H,9-10H2,(H,24,27)(H,25,28)/b18-12-. The van der Waals surface area contributed by atoms with Crippen molar-refractivity contribution in [1.82, 2.24) is 15.2 Å². The van der Waals surface area contributed by atoms with E-state index in [0.29, 0.717) is 23.2 Å². The van der Waals surface area contributed by atoms with Crippen molar-refractivity contribution >= 4 is 34.9 Å². The van der Waals surface area contributed by atoms with Gasteiger partial charge in [0.2, 0.25) is 0 Å². The average molecular weight is 453 g/mol. The largest absolute Gasteiger partial charge is 0.463 e. The van der Waals surface area contributed by atoms with Crippen LogP contribution in [-0.4, -0.2) is 40.0 Å². The first-order chi connectivity index (χ1) is 15.4. The second-order valence-electron chi connectivity index (χ2n) is 6.70. The summed E-state index contributed by atoms with van der Waals surface area (Å²) in [4.78, 5) is 52.9. The number of nitrogens with zero attached hydrogens (tertiary/aromatic N) is 1. The highest BCUT2D eigenvalue weighted by atomic mass is 32.2. The highest BCUT2D eigenvalue weighted by molar-refractivity contribution is 8.18. The number of aromatic amines is 1. The molecule has 3 amide bonds. The molecule has 1 aromatic carbocycles. The van der Waals surface area contributed by atoms with E-state index in [1.165, 1.54) is 36.6 Å². The van der Waals surface area contributed by atoms with Gasteiger partial charge in [0.15, 0.2) is 0 Å². The molecule has 0 aliphatic carbocycles. The maximum Gasteiger partial charge on any atom is 0.293 e.